The molecule has 7 heteroatoms. The Hall–Kier alpha value is -2.34. The number of carboxylic acid groups (broad SMARTS) is 1. The molecule has 0 saturated heterocycles. The zero-order chi connectivity index (χ0) is 16.4. The van der Waals surface area contributed by atoms with Crippen LogP contribution < -0.4 is 5.32 Å². The minimum absolute atomic E-state index is 0.00988. The fraction of sp³-hybridized carbons (Fsp3) is 0.267. The molecule has 0 unspecified atom stereocenters. The van der Waals surface area contributed by atoms with Gasteiger partial charge in [0.25, 0.3) is 5.91 Å². The van der Waals surface area contributed by atoms with Crippen molar-refractivity contribution in [2.24, 2.45) is 7.05 Å². The highest BCUT2D eigenvalue weighted by Crippen LogP contribution is 2.20. The average Bonchev–Trinajstić information content (AvgIpc) is 2.80. The maximum Gasteiger partial charge on any atom is 0.335 e. The van der Waals surface area contributed by atoms with E-state index >= 15 is 0 Å². The second-order valence-electron chi connectivity index (χ2n) is 5.22. The third-order valence-corrected chi connectivity index (χ3v) is 3.34. The summed E-state index contributed by atoms with van der Waals surface area (Å²) in [6.07, 6.45) is 0. The summed E-state index contributed by atoms with van der Waals surface area (Å²) in [5.41, 5.74) is 1.53. The number of carbonyl (C=O) groups is 2. The fourth-order valence-corrected chi connectivity index (χ4v) is 2.20. The van der Waals surface area contributed by atoms with Gasteiger partial charge in [-0.25, -0.2) is 4.79 Å². The van der Waals surface area contributed by atoms with Gasteiger partial charge in [-0.1, -0.05) is 25.4 Å². The summed E-state index contributed by atoms with van der Waals surface area (Å²) in [6.45, 7) is 3.97. The Morgan fingerprint density at radius 1 is 1.27 bits per heavy atom. The van der Waals surface area contributed by atoms with Gasteiger partial charge in [-0.05, 0) is 30.2 Å². The molecule has 1 aromatic heterocycles. The van der Waals surface area contributed by atoms with Crippen molar-refractivity contribution in [1.29, 1.82) is 0 Å². The summed E-state index contributed by atoms with van der Waals surface area (Å²) in [5.74, 6) is -1.28. The number of hydrogen-bond donors (Lipinski definition) is 2. The first-order valence-electron chi connectivity index (χ1n) is 6.67. The SMILES string of the molecule is CC(C)c1cc(C(=O)Nc2cc(Cl)cc(C(=O)O)c2)n(C)n1. The summed E-state index contributed by atoms with van der Waals surface area (Å²) >= 11 is 5.87. The largest absolute Gasteiger partial charge is 0.478 e. The first kappa shape index (κ1) is 16.0. The number of halogens is 1. The Balaban J connectivity index is 2.27. The van der Waals surface area contributed by atoms with Gasteiger partial charge in [0, 0.05) is 17.8 Å². The molecule has 0 spiro atoms. The van der Waals surface area contributed by atoms with Gasteiger partial charge in [0.05, 0.1) is 11.3 Å². The molecule has 22 heavy (non-hydrogen) atoms. The number of amides is 1. The molecule has 116 valence electrons. The van der Waals surface area contributed by atoms with Gasteiger partial charge in [-0.15, -0.1) is 0 Å². The lowest BCUT2D eigenvalue weighted by Crippen LogP contribution is -2.16. The number of anilines is 1. The lowest BCUT2D eigenvalue weighted by Gasteiger charge is -2.07. The molecule has 0 bridgehead atoms. The molecule has 0 saturated carbocycles. The molecule has 1 amide bonds. The van der Waals surface area contributed by atoms with E-state index in [0.717, 1.165) is 5.69 Å². The standard InChI is InChI=1S/C15H16ClN3O3/c1-8(2)12-7-13(19(3)18-12)14(20)17-11-5-9(15(21)22)4-10(16)6-11/h4-8H,1-3H3,(H,17,20)(H,21,22). The molecular formula is C15H16ClN3O3. The van der Waals surface area contributed by atoms with Crippen LogP contribution >= 0.6 is 11.6 Å². The summed E-state index contributed by atoms with van der Waals surface area (Å²) in [6, 6.07) is 5.88. The van der Waals surface area contributed by atoms with E-state index < -0.39 is 5.97 Å². The molecule has 6 nitrogen and oxygen atoms in total. The Bertz CT molecular complexity index is 738. The van der Waals surface area contributed by atoms with Crippen LogP contribution in [0.1, 0.15) is 46.3 Å². The minimum atomic E-state index is -1.11. The van der Waals surface area contributed by atoms with E-state index in [0.29, 0.717) is 11.4 Å². The highest BCUT2D eigenvalue weighted by atomic mass is 35.5. The molecule has 0 fully saturated rings. The van der Waals surface area contributed by atoms with E-state index in [-0.39, 0.29) is 22.4 Å². The summed E-state index contributed by atoms with van der Waals surface area (Å²) in [4.78, 5) is 23.3. The van der Waals surface area contributed by atoms with Crippen LogP contribution in [0.2, 0.25) is 5.02 Å². The molecule has 2 N–H and O–H groups in total. The van der Waals surface area contributed by atoms with Crippen molar-refractivity contribution in [1.82, 2.24) is 9.78 Å². The van der Waals surface area contributed by atoms with Crippen molar-refractivity contribution in [3.05, 3.63) is 46.2 Å². The zero-order valence-corrected chi connectivity index (χ0v) is 13.2. The average molecular weight is 322 g/mol. The van der Waals surface area contributed by atoms with E-state index in [1.54, 1.807) is 13.1 Å². The van der Waals surface area contributed by atoms with Gasteiger partial charge in [-0.3, -0.25) is 9.48 Å². The van der Waals surface area contributed by atoms with Gasteiger partial charge in [-0.2, -0.15) is 5.10 Å². The molecule has 0 atom stereocenters. The fourth-order valence-electron chi connectivity index (χ4n) is 1.96. The Morgan fingerprint density at radius 3 is 2.50 bits per heavy atom. The Labute approximate surface area is 132 Å². The van der Waals surface area contributed by atoms with Gasteiger partial charge in [0.2, 0.25) is 0 Å². The van der Waals surface area contributed by atoms with Crippen LogP contribution in [0.5, 0.6) is 0 Å². The quantitative estimate of drug-likeness (QED) is 0.906. The monoisotopic (exact) mass is 321 g/mol. The summed E-state index contributed by atoms with van der Waals surface area (Å²) < 4.78 is 1.49. The topological polar surface area (TPSA) is 84.2 Å². The van der Waals surface area contributed by atoms with Gasteiger partial charge in [0.1, 0.15) is 5.69 Å². The molecule has 0 aliphatic carbocycles. The highest BCUT2D eigenvalue weighted by molar-refractivity contribution is 6.31. The summed E-state index contributed by atoms with van der Waals surface area (Å²) in [5, 5.41) is 16.2. The lowest BCUT2D eigenvalue weighted by atomic mass is 10.1. The molecule has 1 heterocycles. The number of carboxylic acids is 1. The van der Waals surface area contributed by atoms with Crippen LogP contribution in [0, 0.1) is 0 Å². The molecule has 1 aromatic carbocycles. The highest BCUT2D eigenvalue weighted by Gasteiger charge is 2.16. The van der Waals surface area contributed by atoms with Crippen LogP contribution in [0.15, 0.2) is 24.3 Å². The number of aromatic nitrogens is 2. The second-order valence-corrected chi connectivity index (χ2v) is 5.66. The van der Waals surface area contributed by atoms with Gasteiger partial charge >= 0.3 is 5.97 Å². The van der Waals surface area contributed by atoms with Crippen molar-refractivity contribution >= 4 is 29.2 Å². The number of benzene rings is 1. The van der Waals surface area contributed by atoms with Crippen molar-refractivity contribution in [2.45, 2.75) is 19.8 Å². The van der Waals surface area contributed by atoms with Crippen LogP contribution in [0.3, 0.4) is 0 Å². The van der Waals surface area contributed by atoms with Crippen LogP contribution in [0.25, 0.3) is 0 Å². The van der Waals surface area contributed by atoms with Gasteiger partial charge < -0.3 is 10.4 Å². The van der Waals surface area contributed by atoms with E-state index in [9.17, 15) is 9.59 Å². The molecule has 0 aliphatic rings. The number of carbonyl (C=O) groups excluding carboxylic acids is 1. The van der Waals surface area contributed by atoms with Crippen LogP contribution in [0.4, 0.5) is 5.69 Å². The predicted molar refractivity (Wildman–Crippen MR) is 83.7 cm³/mol. The van der Waals surface area contributed by atoms with E-state index in [2.05, 4.69) is 10.4 Å². The van der Waals surface area contributed by atoms with Crippen LogP contribution in [-0.4, -0.2) is 26.8 Å². The number of hydrogen-bond acceptors (Lipinski definition) is 3. The number of nitrogens with one attached hydrogen (secondary N) is 1. The van der Waals surface area contributed by atoms with Gasteiger partial charge in [0.15, 0.2) is 0 Å². The normalized spacial score (nSPS) is 10.8. The Morgan fingerprint density at radius 2 is 1.95 bits per heavy atom. The maximum atomic E-state index is 12.3. The smallest absolute Gasteiger partial charge is 0.335 e. The van der Waals surface area contributed by atoms with Crippen molar-refractivity contribution in [3.63, 3.8) is 0 Å². The number of aryl methyl sites for hydroxylation is 1. The zero-order valence-electron chi connectivity index (χ0n) is 12.4. The summed E-state index contributed by atoms with van der Waals surface area (Å²) in [7, 11) is 1.68. The van der Waals surface area contributed by atoms with E-state index in [1.165, 1.54) is 22.9 Å². The maximum absolute atomic E-state index is 12.3. The molecular weight excluding hydrogens is 306 g/mol. The van der Waals surface area contributed by atoms with E-state index in [1.807, 2.05) is 13.8 Å². The third-order valence-electron chi connectivity index (χ3n) is 3.13. The molecule has 2 aromatic rings. The third kappa shape index (κ3) is 3.46. The first-order chi connectivity index (χ1) is 10.3. The second kappa shape index (κ2) is 6.19. The molecule has 0 aliphatic heterocycles. The number of aromatic carboxylic acids is 1. The van der Waals surface area contributed by atoms with Crippen molar-refractivity contribution < 1.29 is 14.7 Å². The number of nitrogens with zero attached hydrogens (tertiary/aromatic N) is 2. The molecule has 0 radical (unpaired) electrons. The number of rotatable bonds is 4. The van der Waals surface area contributed by atoms with Crippen molar-refractivity contribution in [3.8, 4) is 0 Å². The first-order valence-corrected chi connectivity index (χ1v) is 7.05. The Kier molecular flexibility index (Phi) is 4.51. The molecule has 2 rings (SSSR count). The van der Waals surface area contributed by atoms with Crippen LogP contribution in [-0.2, 0) is 7.05 Å². The lowest BCUT2D eigenvalue weighted by molar-refractivity contribution is 0.0696. The van der Waals surface area contributed by atoms with E-state index in [4.69, 9.17) is 16.7 Å². The predicted octanol–water partition coefficient (Wildman–Crippen LogP) is 3.15. The minimum Gasteiger partial charge on any atom is -0.478 e. The van der Waals surface area contributed by atoms with Crippen molar-refractivity contribution in [2.75, 3.05) is 5.32 Å².